The Morgan fingerprint density at radius 3 is 2.58 bits per heavy atom. The Kier molecular flexibility index (Phi) is 3.02. The highest BCUT2D eigenvalue weighted by molar-refractivity contribution is 6.58. The molecule has 0 radical (unpaired) electrons. The average molecular weight is 253 g/mol. The first-order valence-corrected chi connectivity index (χ1v) is 5.95. The van der Waals surface area contributed by atoms with Gasteiger partial charge in [0.25, 0.3) is 0 Å². The van der Waals surface area contributed by atoms with Crippen molar-refractivity contribution in [2.24, 2.45) is 0 Å². The van der Waals surface area contributed by atoms with Gasteiger partial charge in [-0.2, -0.15) is 0 Å². The molecule has 2 heterocycles. The Morgan fingerprint density at radius 1 is 1.05 bits per heavy atom. The molecule has 19 heavy (non-hydrogen) atoms. The SMILES string of the molecule is OB(O)c1ccc(Cn2cnc3cccnc32)cc1. The van der Waals surface area contributed by atoms with Crippen LogP contribution in [0.3, 0.4) is 0 Å². The van der Waals surface area contributed by atoms with Gasteiger partial charge in [-0.05, 0) is 23.2 Å². The number of benzene rings is 1. The van der Waals surface area contributed by atoms with Crippen molar-refractivity contribution in [2.75, 3.05) is 0 Å². The van der Waals surface area contributed by atoms with Gasteiger partial charge in [-0.25, -0.2) is 9.97 Å². The first-order chi connectivity index (χ1) is 9.24. The van der Waals surface area contributed by atoms with E-state index in [1.807, 2.05) is 28.8 Å². The van der Waals surface area contributed by atoms with Crippen LogP contribution in [0.2, 0.25) is 0 Å². The van der Waals surface area contributed by atoms with Gasteiger partial charge in [-0.15, -0.1) is 0 Å². The molecular weight excluding hydrogens is 241 g/mol. The molecule has 0 saturated heterocycles. The predicted molar refractivity (Wildman–Crippen MR) is 72.9 cm³/mol. The van der Waals surface area contributed by atoms with Crippen LogP contribution in [0.15, 0.2) is 48.9 Å². The third-order valence-corrected chi connectivity index (χ3v) is 3.01. The van der Waals surface area contributed by atoms with E-state index in [0.29, 0.717) is 12.0 Å². The summed E-state index contributed by atoms with van der Waals surface area (Å²) in [6, 6.07) is 10.9. The molecule has 3 aromatic rings. The van der Waals surface area contributed by atoms with Crippen molar-refractivity contribution in [3.63, 3.8) is 0 Å². The maximum Gasteiger partial charge on any atom is 0.488 e. The number of pyridine rings is 1. The minimum absolute atomic E-state index is 0.484. The van der Waals surface area contributed by atoms with E-state index in [2.05, 4.69) is 9.97 Å². The normalized spacial score (nSPS) is 10.8. The van der Waals surface area contributed by atoms with Crippen LogP contribution in [0.4, 0.5) is 0 Å². The molecule has 5 nitrogen and oxygen atoms in total. The summed E-state index contributed by atoms with van der Waals surface area (Å²) in [6.45, 7) is 0.648. The molecule has 0 fully saturated rings. The Balaban J connectivity index is 1.88. The zero-order chi connectivity index (χ0) is 13.2. The lowest BCUT2D eigenvalue weighted by Gasteiger charge is -2.05. The monoisotopic (exact) mass is 253 g/mol. The highest BCUT2D eigenvalue weighted by Gasteiger charge is 2.10. The second kappa shape index (κ2) is 4.83. The molecule has 0 saturated carbocycles. The Labute approximate surface area is 110 Å². The molecule has 0 aliphatic carbocycles. The van der Waals surface area contributed by atoms with Crippen molar-refractivity contribution in [3.05, 3.63) is 54.5 Å². The van der Waals surface area contributed by atoms with Gasteiger partial charge >= 0.3 is 7.12 Å². The summed E-state index contributed by atoms with van der Waals surface area (Å²) in [5, 5.41) is 18.1. The highest BCUT2D eigenvalue weighted by atomic mass is 16.4. The molecule has 94 valence electrons. The quantitative estimate of drug-likeness (QED) is 0.652. The van der Waals surface area contributed by atoms with Crippen molar-refractivity contribution in [3.8, 4) is 0 Å². The second-order valence-corrected chi connectivity index (χ2v) is 4.33. The lowest BCUT2D eigenvalue weighted by atomic mass is 9.80. The third kappa shape index (κ3) is 2.36. The van der Waals surface area contributed by atoms with E-state index >= 15 is 0 Å². The molecule has 1 aromatic carbocycles. The third-order valence-electron chi connectivity index (χ3n) is 3.01. The summed E-state index contributed by atoms with van der Waals surface area (Å²) >= 11 is 0. The van der Waals surface area contributed by atoms with Crippen molar-refractivity contribution in [1.29, 1.82) is 0 Å². The number of rotatable bonds is 3. The molecule has 6 heteroatoms. The van der Waals surface area contributed by atoms with Gasteiger partial charge in [0.15, 0.2) is 5.65 Å². The average Bonchev–Trinajstić information content (AvgIpc) is 2.83. The molecule has 0 unspecified atom stereocenters. The summed E-state index contributed by atoms with van der Waals surface area (Å²) in [4.78, 5) is 8.58. The van der Waals surface area contributed by atoms with E-state index in [4.69, 9.17) is 10.0 Å². The number of nitrogens with zero attached hydrogens (tertiary/aromatic N) is 3. The largest absolute Gasteiger partial charge is 0.488 e. The molecular formula is C13H12BN3O2. The number of aromatic nitrogens is 3. The number of hydrogen-bond acceptors (Lipinski definition) is 4. The maximum atomic E-state index is 9.04. The molecule has 0 amide bonds. The molecule has 0 aliphatic rings. The van der Waals surface area contributed by atoms with E-state index in [1.54, 1.807) is 24.7 Å². The smallest absolute Gasteiger partial charge is 0.423 e. The van der Waals surface area contributed by atoms with Crippen molar-refractivity contribution in [2.45, 2.75) is 6.54 Å². The van der Waals surface area contributed by atoms with E-state index in [1.165, 1.54) is 0 Å². The Bertz CT molecular complexity index is 694. The maximum absolute atomic E-state index is 9.04. The Hall–Kier alpha value is -2.18. The summed E-state index contributed by atoms with van der Waals surface area (Å²) in [5.74, 6) is 0. The summed E-state index contributed by atoms with van der Waals surface area (Å²) in [7, 11) is -1.43. The van der Waals surface area contributed by atoms with E-state index in [0.717, 1.165) is 16.7 Å². The molecule has 0 aliphatic heterocycles. The van der Waals surface area contributed by atoms with Crippen LogP contribution < -0.4 is 5.46 Å². The minimum Gasteiger partial charge on any atom is -0.423 e. The van der Waals surface area contributed by atoms with Gasteiger partial charge in [-0.3, -0.25) is 0 Å². The van der Waals surface area contributed by atoms with Gasteiger partial charge in [0.05, 0.1) is 12.9 Å². The van der Waals surface area contributed by atoms with Crippen LogP contribution >= 0.6 is 0 Å². The molecule has 0 bridgehead atoms. The fraction of sp³-hybridized carbons (Fsp3) is 0.0769. The topological polar surface area (TPSA) is 71.2 Å². The predicted octanol–water partition coefficient (Wildman–Crippen LogP) is 0.159. The molecule has 3 rings (SSSR count). The van der Waals surface area contributed by atoms with Crippen LogP contribution in [0.25, 0.3) is 11.2 Å². The minimum atomic E-state index is -1.43. The van der Waals surface area contributed by atoms with Crippen LogP contribution in [-0.2, 0) is 6.54 Å². The number of imidazole rings is 1. The van der Waals surface area contributed by atoms with Gasteiger partial charge in [-0.1, -0.05) is 24.3 Å². The molecule has 2 aromatic heterocycles. The van der Waals surface area contributed by atoms with Gasteiger partial charge in [0.1, 0.15) is 5.52 Å². The van der Waals surface area contributed by atoms with Gasteiger partial charge < -0.3 is 14.6 Å². The highest BCUT2D eigenvalue weighted by Crippen LogP contribution is 2.11. The standard InChI is InChI=1S/C13H12BN3O2/c18-14(19)11-5-3-10(4-6-11)8-17-9-16-12-2-1-7-15-13(12)17/h1-7,9,18-19H,8H2. The zero-order valence-electron chi connectivity index (χ0n) is 10.1. The zero-order valence-corrected chi connectivity index (χ0v) is 10.1. The molecule has 0 spiro atoms. The first-order valence-electron chi connectivity index (χ1n) is 5.95. The van der Waals surface area contributed by atoms with E-state index in [-0.39, 0.29) is 0 Å². The summed E-state index contributed by atoms with van der Waals surface area (Å²) in [6.07, 6.45) is 3.50. The first kappa shape index (κ1) is 11.9. The van der Waals surface area contributed by atoms with Crippen molar-refractivity contribution >= 4 is 23.7 Å². The van der Waals surface area contributed by atoms with Crippen molar-refractivity contribution < 1.29 is 10.0 Å². The van der Waals surface area contributed by atoms with Crippen LogP contribution in [0, 0.1) is 0 Å². The summed E-state index contributed by atoms with van der Waals surface area (Å²) in [5.41, 5.74) is 3.24. The van der Waals surface area contributed by atoms with Gasteiger partial charge in [0.2, 0.25) is 0 Å². The molecule has 0 atom stereocenters. The number of hydrogen-bond donors (Lipinski definition) is 2. The van der Waals surface area contributed by atoms with Crippen molar-refractivity contribution in [1.82, 2.24) is 14.5 Å². The van der Waals surface area contributed by atoms with Crippen LogP contribution in [0.1, 0.15) is 5.56 Å². The fourth-order valence-corrected chi connectivity index (χ4v) is 2.00. The van der Waals surface area contributed by atoms with Gasteiger partial charge in [0, 0.05) is 6.20 Å². The van der Waals surface area contributed by atoms with E-state index < -0.39 is 7.12 Å². The van der Waals surface area contributed by atoms with Crippen LogP contribution in [0.5, 0.6) is 0 Å². The van der Waals surface area contributed by atoms with E-state index in [9.17, 15) is 0 Å². The fourth-order valence-electron chi connectivity index (χ4n) is 2.00. The van der Waals surface area contributed by atoms with Crippen LogP contribution in [-0.4, -0.2) is 31.7 Å². The summed E-state index contributed by atoms with van der Waals surface area (Å²) < 4.78 is 1.96. The lowest BCUT2D eigenvalue weighted by molar-refractivity contribution is 0.426. The molecule has 2 N–H and O–H groups in total. The number of fused-ring (bicyclic) bond motifs is 1. The Morgan fingerprint density at radius 2 is 1.84 bits per heavy atom. The second-order valence-electron chi connectivity index (χ2n) is 4.33. The lowest BCUT2D eigenvalue weighted by Crippen LogP contribution is -2.29.